The highest BCUT2D eigenvalue weighted by Crippen LogP contribution is 2.32. The minimum atomic E-state index is 0.0410. The molecular weight excluding hydrogens is 364 g/mol. The Labute approximate surface area is 171 Å². The van der Waals surface area contributed by atoms with E-state index < -0.39 is 0 Å². The van der Waals surface area contributed by atoms with Crippen molar-refractivity contribution in [3.63, 3.8) is 0 Å². The van der Waals surface area contributed by atoms with Crippen molar-refractivity contribution in [2.45, 2.75) is 44.6 Å². The number of phenolic OH excluding ortho intramolecular Hbond substituents is 1. The average Bonchev–Trinajstić information content (AvgIpc) is 2.74. The van der Waals surface area contributed by atoms with Gasteiger partial charge >= 0.3 is 0 Å². The third kappa shape index (κ3) is 4.21. The summed E-state index contributed by atoms with van der Waals surface area (Å²) in [5.74, 6) is 1.14. The fourth-order valence-electron chi connectivity index (χ4n) is 4.39. The highest BCUT2D eigenvalue weighted by molar-refractivity contribution is 5.94. The number of benzene rings is 2. The van der Waals surface area contributed by atoms with E-state index in [4.69, 9.17) is 0 Å². The third-order valence-corrected chi connectivity index (χ3v) is 5.90. The van der Waals surface area contributed by atoms with Crippen LogP contribution in [0.2, 0.25) is 0 Å². The van der Waals surface area contributed by atoms with Crippen LogP contribution >= 0.6 is 0 Å². The number of nitrogens with zero attached hydrogens (tertiary/aromatic N) is 1. The summed E-state index contributed by atoms with van der Waals surface area (Å²) < 4.78 is 0. The molecule has 2 aliphatic rings. The van der Waals surface area contributed by atoms with Gasteiger partial charge in [0.1, 0.15) is 5.75 Å². The molecule has 29 heavy (non-hydrogen) atoms. The smallest absolute Gasteiger partial charge is 0.225 e. The standard InChI is InChI=1S/C23H28N4O2/c1-24-23(25-13-16-12-22(29)27-20-9-5-4-8-18(16)20)26-14-19-17-7-3-2-6-15(17)10-11-21(19)28/h4-5,8-11,16,28H,2-3,6-7,12-14H2,1H3,(H,27,29)(H2,24,25,26). The average molecular weight is 393 g/mol. The quantitative estimate of drug-likeness (QED) is 0.476. The molecule has 1 unspecified atom stereocenters. The first-order valence-corrected chi connectivity index (χ1v) is 10.3. The Morgan fingerprint density at radius 3 is 2.86 bits per heavy atom. The molecule has 0 spiro atoms. The number of nitrogens with one attached hydrogen (secondary N) is 3. The van der Waals surface area contributed by atoms with Gasteiger partial charge in [-0.05, 0) is 54.5 Å². The number of carbonyl (C=O) groups excluding carboxylic acids is 1. The van der Waals surface area contributed by atoms with Gasteiger partial charge in [-0.2, -0.15) is 0 Å². The summed E-state index contributed by atoms with van der Waals surface area (Å²) in [4.78, 5) is 16.3. The van der Waals surface area contributed by atoms with Gasteiger partial charge in [-0.25, -0.2) is 0 Å². The van der Waals surface area contributed by atoms with Crippen molar-refractivity contribution in [1.29, 1.82) is 0 Å². The molecule has 1 aliphatic heterocycles. The van der Waals surface area contributed by atoms with Gasteiger partial charge in [0.15, 0.2) is 5.96 Å². The van der Waals surface area contributed by atoms with Gasteiger partial charge in [0, 0.05) is 43.7 Å². The lowest BCUT2D eigenvalue weighted by atomic mass is 9.88. The molecule has 1 heterocycles. The van der Waals surface area contributed by atoms with Crippen molar-refractivity contribution in [3.8, 4) is 5.75 Å². The molecule has 1 atom stereocenters. The van der Waals surface area contributed by atoms with Crippen LogP contribution in [0.5, 0.6) is 5.75 Å². The number of para-hydroxylation sites is 1. The second-order valence-electron chi connectivity index (χ2n) is 7.75. The fraction of sp³-hybridized carbons (Fsp3) is 0.391. The summed E-state index contributed by atoms with van der Waals surface area (Å²) in [6.07, 6.45) is 4.93. The summed E-state index contributed by atoms with van der Waals surface area (Å²) in [7, 11) is 1.73. The lowest BCUT2D eigenvalue weighted by molar-refractivity contribution is -0.116. The van der Waals surface area contributed by atoms with E-state index in [2.05, 4.69) is 27.0 Å². The first-order valence-electron chi connectivity index (χ1n) is 10.3. The number of carbonyl (C=O) groups is 1. The van der Waals surface area contributed by atoms with E-state index in [9.17, 15) is 9.90 Å². The minimum absolute atomic E-state index is 0.0410. The highest BCUT2D eigenvalue weighted by atomic mass is 16.3. The van der Waals surface area contributed by atoms with E-state index in [-0.39, 0.29) is 11.8 Å². The van der Waals surface area contributed by atoms with Crippen molar-refractivity contribution in [2.24, 2.45) is 4.99 Å². The number of rotatable bonds is 4. The Balaban J connectivity index is 1.41. The number of guanidine groups is 1. The normalized spacial score (nSPS) is 18.4. The van der Waals surface area contributed by atoms with Crippen molar-refractivity contribution in [3.05, 3.63) is 58.7 Å². The van der Waals surface area contributed by atoms with Crippen molar-refractivity contribution in [1.82, 2.24) is 10.6 Å². The fourth-order valence-corrected chi connectivity index (χ4v) is 4.39. The van der Waals surface area contributed by atoms with E-state index in [0.29, 0.717) is 31.2 Å². The lowest BCUT2D eigenvalue weighted by Crippen LogP contribution is -2.40. The van der Waals surface area contributed by atoms with E-state index in [1.54, 1.807) is 13.1 Å². The SMILES string of the molecule is CN=C(NCc1c(O)ccc2c1CCCC2)NCC1CC(=O)Nc2ccccc21. The Bertz CT molecular complexity index is 938. The van der Waals surface area contributed by atoms with E-state index in [0.717, 1.165) is 29.7 Å². The molecule has 4 rings (SSSR count). The first-order chi connectivity index (χ1) is 14.2. The van der Waals surface area contributed by atoms with Gasteiger partial charge < -0.3 is 21.1 Å². The number of phenols is 1. The summed E-state index contributed by atoms with van der Waals surface area (Å²) in [5, 5.41) is 20.0. The summed E-state index contributed by atoms with van der Waals surface area (Å²) in [5.41, 5.74) is 5.62. The molecule has 2 aromatic carbocycles. The third-order valence-electron chi connectivity index (χ3n) is 5.90. The van der Waals surface area contributed by atoms with Crippen LogP contribution in [0.1, 0.15) is 47.4 Å². The molecule has 0 fully saturated rings. The van der Waals surface area contributed by atoms with Crippen molar-refractivity contribution < 1.29 is 9.90 Å². The molecule has 0 radical (unpaired) electrons. The largest absolute Gasteiger partial charge is 0.508 e. The number of fused-ring (bicyclic) bond motifs is 2. The van der Waals surface area contributed by atoms with Crippen LogP contribution in [-0.2, 0) is 24.2 Å². The Kier molecular flexibility index (Phi) is 5.69. The Morgan fingerprint density at radius 1 is 1.17 bits per heavy atom. The number of hydrogen-bond donors (Lipinski definition) is 4. The van der Waals surface area contributed by atoms with E-state index >= 15 is 0 Å². The molecule has 6 nitrogen and oxygen atoms in total. The molecule has 152 valence electrons. The van der Waals surface area contributed by atoms with Gasteiger partial charge in [0.05, 0.1) is 0 Å². The maximum atomic E-state index is 12.0. The number of aromatic hydroxyl groups is 1. The molecule has 0 aromatic heterocycles. The summed E-state index contributed by atoms with van der Waals surface area (Å²) in [6, 6.07) is 11.8. The van der Waals surface area contributed by atoms with Gasteiger partial charge in [-0.15, -0.1) is 0 Å². The Hall–Kier alpha value is -3.02. The molecule has 1 aliphatic carbocycles. The van der Waals surface area contributed by atoms with Gasteiger partial charge in [0.2, 0.25) is 5.91 Å². The number of anilines is 1. The second kappa shape index (κ2) is 8.55. The second-order valence-corrected chi connectivity index (χ2v) is 7.75. The van der Waals surface area contributed by atoms with Crippen LogP contribution in [0.3, 0.4) is 0 Å². The van der Waals surface area contributed by atoms with Gasteiger partial charge in [0.25, 0.3) is 0 Å². The lowest BCUT2D eigenvalue weighted by Gasteiger charge is -2.26. The van der Waals surface area contributed by atoms with E-state index in [1.807, 2.05) is 24.3 Å². The number of amides is 1. The maximum Gasteiger partial charge on any atom is 0.225 e. The molecule has 0 saturated carbocycles. The topological polar surface area (TPSA) is 85.8 Å². The van der Waals surface area contributed by atoms with Crippen LogP contribution in [0.25, 0.3) is 0 Å². The van der Waals surface area contributed by atoms with Crippen LogP contribution in [-0.4, -0.2) is 30.6 Å². The molecule has 4 N–H and O–H groups in total. The van der Waals surface area contributed by atoms with Crippen molar-refractivity contribution in [2.75, 3.05) is 18.9 Å². The summed E-state index contributed by atoms with van der Waals surface area (Å²) >= 11 is 0. The highest BCUT2D eigenvalue weighted by Gasteiger charge is 2.25. The predicted molar refractivity (Wildman–Crippen MR) is 115 cm³/mol. The van der Waals surface area contributed by atoms with Crippen LogP contribution in [0, 0.1) is 0 Å². The van der Waals surface area contributed by atoms with Crippen LogP contribution in [0.4, 0.5) is 5.69 Å². The van der Waals surface area contributed by atoms with Gasteiger partial charge in [-0.3, -0.25) is 9.79 Å². The van der Waals surface area contributed by atoms with E-state index in [1.165, 1.54) is 24.0 Å². The number of aliphatic imine (C=N–C) groups is 1. The minimum Gasteiger partial charge on any atom is -0.508 e. The van der Waals surface area contributed by atoms with Gasteiger partial charge in [-0.1, -0.05) is 24.3 Å². The van der Waals surface area contributed by atoms with Crippen LogP contribution < -0.4 is 16.0 Å². The predicted octanol–water partition coefficient (Wildman–Crippen LogP) is 3.06. The van der Waals surface area contributed by atoms with Crippen molar-refractivity contribution >= 4 is 17.6 Å². The molecule has 0 saturated heterocycles. The first kappa shape index (κ1) is 19.3. The zero-order valence-corrected chi connectivity index (χ0v) is 16.8. The number of aryl methyl sites for hydroxylation is 1. The number of hydrogen-bond acceptors (Lipinski definition) is 3. The summed E-state index contributed by atoms with van der Waals surface area (Å²) in [6.45, 7) is 1.14. The molecule has 2 aromatic rings. The molecular formula is C23H28N4O2. The zero-order chi connectivity index (χ0) is 20.2. The molecule has 1 amide bonds. The maximum absolute atomic E-state index is 12.0. The molecule has 6 heteroatoms. The Morgan fingerprint density at radius 2 is 2.00 bits per heavy atom. The monoisotopic (exact) mass is 392 g/mol. The zero-order valence-electron chi connectivity index (χ0n) is 16.8. The molecule has 0 bridgehead atoms. The van der Waals surface area contributed by atoms with Crippen LogP contribution in [0.15, 0.2) is 41.4 Å².